The van der Waals surface area contributed by atoms with Gasteiger partial charge in [0, 0.05) is 13.0 Å². The van der Waals surface area contributed by atoms with Gasteiger partial charge in [-0.05, 0) is 26.0 Å². The summed E-state index contributed by atoms with van der Waals surface area (Å²) in [7, 11) is 0. The number of nitrogens with zero attached hydrogens (tertiary/aromatic N) is 3. The molecule has 1 amide bonds. The van der Waals surface area contributed by atoms with E-state index in [1.807, 2.05) is 42.7 Å². The van der Waals surface area contributed by atoms with E-state index in [9.17, 15) is 4.79 Å². The molecule has 21 heavy (non-hydrogen) atoms. The summed E-state index contributed by atoms with van der Waals surface area (Å²) in [4.78, 5) is 16.4. The molecule has 0 bridgehead atoms. The van der Waals surface area contributed by atoms with Gasteiger partial charge in [-0.15, -0.1) is 0 Å². The normalized spacial score (nSPS) is 11.0. The molecule has 0 aliphatic heterocycles. The zero-order chi connectivity index (χ0) is 14.8. The van der Waals surface area contributed by atoms with Gasteiger partial charge in [-0.2, -0.15) is 5.10 Å². The Kier molecular flexibility index (Phi) is 3.43. The van der Waals surface area contributed by atoms with E-state index in [1.54, 1.807) is 6.33 Å². The maximum atomic E-state index is 12.1. The molecule has 0 aliphatic carbocycles. The number of benzene rings is 1. The summed E-state index contributed by atoms with van der Waals surface area (Å²) >= 11 is 0. The number of rotatable bonds is 4. The van der Waals surface area contributed by atoms with Crippen LogP contribution in [0.3, 0.4) is 0 Å². The second-order valence-electron chi connectivity index (χ2n) is 5.03. The van der Waals surface area contributed by atoms with E-state index in [0.29, 0.717) is 13.0 Å². The number of carbonyl (C=O) groups excluding carboxylic acids is 1. The van der Waals surface area contributed by atoms with Gasteiger partial charge >= 0.3 is 0 Å². The lowest BCUT2D eigenvalue weighted by Crippen LogP contribution is -2.15. The lowest BCUT2D eigenvalue weighted by Gasteiger charge is -2.06. The van der Waals surface area contributed by atoms with Crippen LogP contribution in [0.15, 0.2) is 30.6 Å². The number of carbonyl (C=O) groups is 1. The molecule has 2 aromatic heterocycles. The van der Waals surface area contributed by atoms with Crippen molar-refractivity contribution in [3.05, 3.63) is 42.0 Å². The number of para-hydroxylation sites is 2. The average molecular weight is 283 g/mol. The zero-order valence-corrected chi connectivity index (χ0v) is 12.1. The predicted octanol–water partition coefficient (Wildman–Crippen LogP) is 2.41. The minimum Gasteiger partial charge on any atom is -0.330 e. The summed E-state index contributed by atoms with van der Waals surface area (Å²) in [6, 6.07) is 7.89. The van der Waals surface area contributed by atoms with Crippen molar-refractivity contribution < 1.29 is 4.79 Å². The number of amides is 1. The fourth-order valence-electron chi connectivity index (χ4n) is 2.35. The van der Waals surface area contributed by atoms with Crippen molar-refractivity contribution in [2.75, 3.05) is 5.32 Å². The number of fused-ring (bicyclic) bond motifs is 1. The van der Waals surface area contributed by atoms with Crippen molar-refractivity contribution in [2.24, 2.45) is 0 Å². The summed E-state index contributed by atoms with van der Waals surface area (Å²) in [5.74, 6) is -0.0274. The fourth-order valence-corrected chi connectivity index (χ4v) is 2.35. The molecular weight excluding hydrogens is 266 g/mol. The first-order valence-electron chi connectivity index (χ1n) is 6.86. The molecule has 0 saturated carbocycles. The first-order chi connectivity index (χ1) is 10.1. The first-order valence-corrected chi connectivity index (χ1v) is 6.86. The van der Waals surface area contributed by atoms with Crippen molar-refractivity contribution in [1.29, 1.82) is 0 Å². The highest BCUT2D eigenvalue weighted by molar-refractivity contribution is 5.91. The highest BCUT2D eigenvalue weighted by Crippen LogP contribution is 2.17. The van der Waals surface area contributed by atoms with Crippen LogP contribution in [0.5, 0.6) is 0 Å². The third-order valence-corrected chi connectivity index (χ3v) is 3.50. The minimum atomic E-state index is -0.0274. The number of hydrogen-bond donors (Lipinski definition) is 2. The molecule has 0 unspecified atom stereocenters. The maximum absolute atomic E-state index is 12.1. The van der Waals surface area contributed by atoms with Crippen LogP contribution >= 0.6 is 0 Å². The molecule has 0 spiro atoms. The van der Waals surface area contributed by atoms with Crippen LogP contribution in [0.4, 0.5) is 5.69 Å². The number of imidazole rings is 1. The summed E-state index contributed by atoms with van der Waals surface area (Å²) in [5, 5.41) is 9.82. The zero-order valence-electron chi connectivity index (χ0n) is 12.1. The molecule has 3 rings (SSSR count). The summed E-state index contributed by atoms with van der Waals surface area (Å²) in [5.41, 5.74) is 4.43. The highest BCUT2D eigenvalue weighted by Gasteiger charge is 2.10. The second kappa shape index (κ2) is 5.40. The molecule has 0 fully saturated rings. The molecule has 0 saturated heterocycles. The molecule has 2 N–H and O–H groups in total. The number of aromatic amines is 1. The molecule has 3 aromatic rings. The van der Waals surface area contributed by atoms with Gasteiger partial charge in [0.15, 0.2) is 0 Å². The van der Waals surface area contributed by atoms with Gasteiger partial charge in [0.2, 0.25) is 5.91 Å². The lowest BCUT2D eigenvalue weighted by molar-refractivity contribution is -0.116. The predicted molar refractivity (Wildman–Crippen MR) is 81.0 cm³/mol. The third kappa shape index (κ3) is 2.65. The largest absolute Gasteiger partial charge is 0.330 e. The van der Waals surface area contributed by atoms with E-state index >= 15 is 0 Å². The van der Waals surface area contributed by atoms with E-state index in [0.717, 1.165) is 28.1 Å². The molecule has 6 heteroatoms. The number of H-pyrrole nitrogens is 1. The molecule has 1 aromatic carbocycles. The van der Waals surface area contributed by atoms with E-state index in [1.165, 1.54) is 0 Å². The van der Waals surface area contributed by atoms with E-state index < -0.39 is 0 Å². The van der Waals surface area contributed by atoms with Crippen LogP contribution in [-0.4, -0.2) is 25.7 Å². The number of aromatic nitrogens is 4. The first kappa shape index (κ1) is 13.4. The van der Waals surface area contributed by atoms with Crippen LogP contribution < -0.4 is 5.32 Å². The molecule has 2 heterocycles. The number of anilines is 1. The van der Waals surface area contributed by atoms with Gasteiger partial charge < -0.3 is 9.88 Å². The molecule has 6 nitrogen and oxygen atoms in total. The summed E-state index contributed by atoms with van der Waals surface area (Å²) in [6.45, 7) is 4.35. The van der Waals surface area contributed by atoms with Gasteiger partial charge in [0.1, 0.15) is 0 Å². The van der Waals surface area contributed by atoms with E-state index in [-0.39, 0.29) is 5.91 Å². The Hall–Kier alpha value is -2.63. The Morgan fingerprint density at radius 1 is 1.33 bits per heavy atom. The second-order valence-corrected chi connectivity index (χ2v) is 5.03. The smallest absolute Gasteiger partial charge is 0.226 e. The Balaban J connectivity index is 1.66. The van der Waals surface area contributed by atoms with Gasteiger partial charge in [0.25, 0.3) is 0 Å². The Bertz CT molecular complexity index is 767. The molecular formula is C15H17N5O. The van der Waals surface area contributed by atoms with Crippen molar-refractivity contribution in [3.63, 3.8) is 0 Å². The van der Waals surface area contributed by atoms with Crippen LogP contribution in [-0.2, 0) is 11.3 Å². The van der Waals surface area contributed by atoms with Crippen LogP contribution in [0.2, 0.25) is 0 Å². The van der Waals surface area contributed by atoms with E-state index in [4.69, 9.17) is 0 Å². The minimum absolute atomic E-state index is 0.0274. The highest BCUT2D eigenvalue weighted by atomic mass is 16.1. The van der Waals surface area contributed by atoms with Crippen molar-refractivity contribution in [2.45, 2.75) is 26.8 Å². The molecule has 0 aliphatic rings. The average Bonchev–Trinajstić information content (AvgIpc) is 3.03. The lowest BCUT2D eigenvalue weighted by atomic mass is 10.3. The Morgan fingerprint density at radius 2 is 2.14 bits per heavy atom. The van der Waals surface area contributed by atoms with Crippen LogP contribution in [0, 0.1) is 13.8 Å². The molecule has 0 atom stereocenters. The van der Waals surface area contributed by atoms with Gasteiger partial charge in [0.05, 0.1) is 34.4 Å². The number of nitrogens with one attached hydrogen (secondary N) is 2. The summed E-state index contributed by atoms with van der Waals surface area (Å²) in [6.07, 6.45) is 2.16. The van der Waals surface area contributed by atoms with Gasteiger partial charge in [-0.3, -0.25) is 9.89 Å². The number of aryl methyl sites for hydroxylation is 3. The van der Waals surface area contributed by atoms with Crippen molar-refractivity contribution in [1.82, 2.24) is 19.7 Å². The topological polar surface area (TPSA) is 75.6 Å². The van der Waals surface area contributed by atoms with E-state index in [2.05, 4.69) is 20.5 Å². The van der Waals surface area contributed by atoms with Crippen molar-refractivity contribution in [3.8, 4) is 0 Å². The summed E-state index contributed by atoms with van der Waals surface area (Å²) < 4.78 is 1.99. The van der Waals surface area contributed by atoms with Crippen LogP contribution in [0.25, 0.3) is 11.0 Å². The third-order valence-electron chi connectivity index (χ3n) is 3.50. The number of hydrogen-bond acceptors (Lipinski definition) is 3. The molecule has 0 radical (unpaired) electrons. The molecule has 108 valence electrons. The SMILES string of the molecule is Cc1n[nH]c(C)c1NC(=O)CCn1cnc2ccccc21. The quantitative estimate of drug-likeness (QED) is 0.772. The monoisotopic (exact) mass is 283 g/mol. The fraction of sp³-hybridized carbons (Fsp3) is 0.267. The maximum Gasteiger partial charge on any atom is 0.226 e. The van der Waals surface area contributed by atoms with Crippen molar-refractivity contribution >= 4 is 22.6 Å². The Morgan fingerprint density at radius 3 is 2.90 bits per heavy atom. The van der Waals surface area contributed by atoms with Gasteiger partial charge in [-0.1, -0.05) is 12.1 Å². The Labute approximate surface area is 122 Å². The standard InChI is InChI=1S/C15H17N5O/c1-10-15(11(2)19-18-10)17-14(21)7-8-20-9-16-12-5-3-4-6-13(12)20/h3-6,9H,7-8H2,1-2H3,(H,17,21)(H,18,19). The van der Waals surface area contributed by atoms with Gasteiger partial charge in [-0.25, -0.2) is 4.98 Å². The van der Waals surface area contributed by atoms with Crippen LogP contribution in [0.1, 0.15) is 17.8 Å².